The van der Waals surface area contributed by atoms with E-state index < -0.39 is 0 Å². The number of ether oxygens (including phenoxy) is 2. The molecule has 0 bridgehead atoms. The van der Waals surface area contributed by atoms with E-state index in [9.17, 15) is 0 Å². The van der Waals surface area contributed by atoms with Crippen LogP contribution in [0.4, 0.5) is 0 Å². The highest BCUT2D eigenvalue weighted by Gasteiger charge is 2.14. The molecule has 0 aliphatic heterocycles. The second kappa shape index (κ2) is 6.40. The highest BCUT2D eigenvalue weighted by atomic mass is 16.5. The second-order valence-corrected chi connectivity index (χ2v) is 4.55. The van der Waals surface area contributed by atoms with Crippen LogP contribution in [-0.4, -0.2) is 24.0 Å². The molecule has 6 nitrogen and oxygen atoms in total. The standard InChI is InChI=1S/C14H20N4O2/c1-18-5-4-11(17-18)8-14(16-15)10-6-12(19-2)9-13(7-10)20-3/h4-7,9,14,16H,8,15H2,1-3H3. The van der Waals surface area contributed by atoms with E-state index in [1.54, 1.807) is 18.9 Å². The number of nitrogens with one attached hydrogen (secondary N) is 1. The summed E-state index contributed by atoms with van der Waals surface area (Å²) in [4.78, 5) is 0. The Hall–Kier alpha value is -2.05. The molecule has 1 heterocycles. The maximum Gasteiger partial charge on any atom is 0.122 e. The summed E-state index contributed by atoms with van der Waals surface area (Å²) in [6.07, 6.45) is 2.60. The molecule has 0 aliphatic carbocycles. The lowest BCUT2D eigenvalue weighted by Crippen LogP contribution is -2.29. The zero-order chi connectivity index (χ0) is 14.5. The van der Waals surface area contributed by atoms with Crippen molar-refractivity contribution in [1.29, 1.82) is 0 Å². The van der Waals surface area contributed by atoms with E-state index in [0.717, 1.165) is 22.8 Å². The van der Waals surface area contributed by atoms with Gasteiger partial charge in [-0.2, -0.15) is 5.10 Å². The van der Waals surface area contributed by atoms with Gasteiger partial charge in [-0.3, -0.25) is 16.0 Å². The number of benzene rings is 1. The average molecular weight is 276 g/mol. The molecule has 2 rings (SSSR count). The van der Waals surface area contributed by atoms with Gasteiger partial charge in [0.15, 0.2) is 0 Å². The van der Waals surface area contributed by atoms with Gasteiger partial charge in [0, 0.05) is 25.7 Å². The Morgan fingerprint density at radius 1 is 1.25 bits per heavy atom. The number of methoxy groups -OCH3 is 2. The third-order valence-corrected chi connectivity index (χ3v) is 3.16. The van der Waals surface area contributed by atoms with Crippen molar-refractivity contribution in [1.82, 2.24) is 15.2 Å². The quantitative estimate of drug-likeness (QED) is 0.612. The van der Waals surface area contributed by atoms with E-state index in [-0.39, 0.29) is 6.04 Å². The first-order chi connectivity index (χ1) is 9.66. The number of aryl methyl sites for hydroxylation is 1. The Balaban J connectivity index is 2.26. The Kier molecular flexibility index (Phi) is 4.60. The number of hydrazine groups is 1. The van der Waals surface area contributed by atoms with E-state index in [2.05, 4.69) is 10.5 Å². The summed E-state index contributed by atoms with van der Waals surface area (Å²) in [5.74, 6) is 7.15. The zero-order valence-electron chi connectivity index (χ0n) is 12.0. The summed E-state index contributed by atoms with van der Waals surface area (Å²) in [7, 11) is 5.15. The number of hydrogen-bond donors (Lipinski definition) is 2. The number of aromatic nitrogens is 2. The van der Waals surface area contributed by atoms with Crippen LogP contribution < -0.4 is 20.7 Å². The van der Waals surface area contributed by atoms with Crippen LogP contribution in [-0.2, 0) is 13.5 Å². The minimum atomic E-state index is -0.0612. The molecule has 6 heteroatoms. The Morgan fingerprint density at radius 2 is 1.90 bits per heavy atom. The van der Waals surface area contributed by atoms with Crippen molar-refractivity contribution < 1.29 is 9.47 Å². The van der Waals surface area contributed by atoms with Gasteiger partial charge in [0.05, 0.1) is 26.0 Å². The van der Waals surface area contributed by atoms with Gasteiger partial charge in [0.2, 0.25) is 0 Å². The third-order valence-electron chi connectivity index (χ3n) is 3.16. The summed E-state index contributed by atoms with van der Waals surface area (Å²) in [5, 5.41) is 4.37. The van der Waals surface area contributed by atoms with E-state index in [1.165, 1.54) is 0 Å². The fourth-order valence-electron chi connectivity index (χ4n) is 2.08. The van der Waals surface area contributed by atoms with Crippen LogP contribution in [0.15, 0.2) is 30.5 Å². The molecule has 3 N–H and O–H groups in total. The maximum absolute atomic E-state index is 5.68. The smallest absolute Gasteiger partial charge is 0.122 e. The van der Waals surface area contributed by atoms with Crippen molar-refractivity contribution >= 4 is 0 Å². The minimum Gasteiger partial charge on any atom is -0.497 e. The first-order valence-corrected chi connectivity index (χ1v) is 6.34. The maximum atomic E-state index is 5.68. The van der Waals surface area contributed by atoms with Gasteiger partial charge in [-0.05, 0) is 23.8 Å². The Labute approximate surface area is 118 Å². The van der Waals surface area contributed by atoms with Crippen LogP contribution in [0.2, 0.25) is 0 Å². The van der Waals surface area contributed by atoms with Gasteiger partial charge in [0.1, 0.15) is 11.5 Å². The molecule has 1 unspecified atom stereocenters. The number of nitrogens with zero attached hydrogens (tertiary/aromatic N) is 2. The van der Waals surface area contributed by atoms with Crippen molar-refractivity contribution in [3.8, 4) is 11.5 Å². The molecule has 0 aliphatic rings. The van der Waals surface area contributed by atoms with Crippen molar-refractivity contribution in [2.24, 2.45) is 12.9 Å². The molecule has 0 saturated heterocycles. The van der Waals surface area contributed by atoms with Gasteiger partial charge < -0.3 is 9.47 Å². The van der Waals surface area contributed by atoms with Crippen molar-refractivity contribution in [2.75, 3.05) is 14.2 Å². The molecule has 1 aromatic heterocycles. The molecule has 0 fully saturated rings. The molecule has 0 saturated carbocycles. The second-order valence-electron chi connectivity index (χ2n) is 4.55. The van der Waals surface area contributed by atoms with Crippen molar-refractivity contribution in [2.45, 2.75) is 12.5 Å². The summed E-state index contributed by atoms with van der Waals surface area (Å²) < 4.78 is 12.3. The topological polar surface area (TPSA) is 74.3 Å². The van der Waals surface area contributed by atoms with Crippen LogP contribution in [0.5, 0.6) is 11.5 Å². The lowest BCUT2D eigenvalue weighted by atomic mass is 10.0. The van der Waals surface area contributed by atoms with Gasteiger partial charge in [-0.25, -0.2) is 0 Å². The summed E-state index contributed by atoms with van der Waals surface area (Å²) >= 11 is 0. The lowest BCUT2D eigenvalue weighted by molar-refractivity contribution is 0.391. The summed E-state index contributed by atoms with van der Waals surface area (Å²) in [6, 6.07) is 7.62. The van der Waals surface area contributed by atoms with Gasteiger partial charge in [-0.15, -0.1) is 0 Å². The molecule has 0 radical (unpaired) electrons. The predicted molar refractivity (Wildman–Crippen MR) is 76.5 cm³/mol. The fraction of sp³-hybridized carbons (Fsp3) is 0.357. The van der Waals surface area contributed by atoms with Crippen LogP contribution in [0.25, 0.3) is 0 Å². The normalized spacial score (nSPS) is 12.2. The predicted octanol–water partition coefficient (Wildman–Crippen LogP) is 1.18. The SMILES string of the molecule is COc1cc(OC)cc(C(Cc2ccn(C)n2)NN)c1. The highest BCUT2D eigenvalue weighted by molar-refractivity contribution is 5.40. The van der Waals surface area contributed by atoms with Crippen molar-refractivity contribution in [3.05, 3.63) is 41.7 Å². The Bertz CT molecular complexity index is 546. The molecule has 108 valence electrons. The number of hydrogen-bond acceptors (Lipinski definition) is 5. The molecule has 1 atom stereocenters. The zero-order valence-corrected chi connectivity index (χ0v) is 12.0. The number of nitrogens with two attached hydrogens (primary N) is 1. The molecular formula is C14H20N4O2. The molecular weight excluding hydrogens is 256 g/mol. The van der Waals surface area contributed by atoms with E-state index in [1.807, 2.05) is 37.5 Å². The molecule has 0 spiro atoms. The number of rotatable bonds is 6. The van der Waals surface area contributed by atoms with E-state index in [4.69, 9.17) is 15.3 Å². The largest absolute Gasteiger partial charge is 0.497 e. The third kappa shape index (κ3) is 3.28. The van der Waals surface area contributed by atoms with Crippen LogP contribution in [0.3, 0.4) is 0 Å². The first kappa shape index (κ1) is 14.4. The monoisotopic (exact) mass is 276 g/mol. The van der Waals surface area contributed by atoms with Crippen LogP contribution >= 0.6 is 0 Å². The first-order valence-electron chi connectivity index (χ1n) is 6.34. The molecule has 20 heavy (non-hydrogen) atoms. The fourth-order valence-corrected chi connectivity index (χ4v) is 2.08. The van der Waals surface area contributed by atoms with Gasteiger partial charge >= 0.3 is 0 Å². The van der Waals surface area contributed by atoms with Crippen LogP contribution in [0.1, 0.15) is 17.3 Å². The van der Waals surface area contributed by atoms with Gasteiger partial charge in [-0.1, -0.05) is 0 Å². The van der Waals surface area contributed by atoms with E-state index >= 15 is 0 Å². The Morgan fingerprint density at radius 3 is 2.35 bits per heavy atom. The average Bonchev–Trinajstić information content (AvgIpc) is 2.89. The van der Waals surface area contributed by atoms with E-state index in [0.29, 0.717) is 6.42 Å². The van der Waals surface area contributed by atoms with Crippen LogP contribution in [0, 0.1) is 0 Å². The van der Waals surface area contributed by atoms with Gasteiger partial charge in [0.25, 0.3) is 0 Å². The molecule has 0 amide bonds. The molecule has 1 aromatic carbocycles. The minimum absolute atomic E-state index is 0.0612. The molecule has 2 aromatic rings. The van der Waals surface area contributed by atoms with Crippen molar-refractivity contribution in [3.63, 3.8) is 0 Å². The highest BCUT2D eigenvalue weighted by Crippen LogP contribution is 2.27. The lowest BCUT2D eigenvalue weighted by Gasteiger charge is -2.17. The summed E-state index contributed by atoms with van der Waals surface area (Å²) in [6.45, 7) is 0. The summed E-state index contributed by atoms with van der Waals surface area (Å²) in [5.41, 5.74) is 4.78.